The summed E-state index contributed by atoms with van der Waals surface area (Å²) in [5, 5.41) is 2.64. The Morgan fingerprint density at radius 1 is 0.975 bits per heavy atom. The maximum Gasteiger partial charge on any atom is 0.338 e. The third-order valence-electron chi connectivity index (χ3n) is 7.19. The molecule has 2 aromatic rings. The molecule has 1 saturated heterocycles. The second-order valence-electron chi connectivity index (χ2n) is 9.76. The maximum atomic E-state index is 13.6. The Bertz CT molecular complexity index is 1360. The monoisotopic (exact) mass is 559 g/mol. The first-order valence-electron chi connectivity index (χ1n) is 13.7. The number of amidine groups is 1. The lowest BCUT2D eigenvalue weighted by atomic mass is 9.91. The van der Waals surface area contributed by atoms with Crippen molar-refractivity contribution in [2.24, 2.45) is 10.9 Å². The van der Waals surface area contributed by atoms with Crippen molar-refractivity contribution in [1.29, 1.82) is 0 Å². The second-order valence-corrected chi connectivity index (χ2v) is 10.6. The van der Waals surface area contributed by atoms with Crippen molar-refractivity contribution in [3.05, 3.63) is 88.5 Å². The number of thioether (sulfide) groups is 1. The van der Waals surface area contributed by atoms with E-state index in [1.54, 1.807) is 18.7 Å². The largest absolute Gasteiger partial charge is 0.466 e. The van der Waals surface area contributed by atoms with Crippen molar-refractivity contribution in [3.63, 3.8) is 0 Å². The number of aliphatic imine (C=N–C) groups is 1. The van der Waals surface area contributed by atoms with Crippen LogP contribution in [-0.2, 0) is 23.9 Å². The van der Waals surface area contributed by atoms with Crippen LogP contribution < -0.4 is 0 Å². The van der Waals surface area contributed by atoms with E-state index in [4.69, 9.17) is 14.5 Å². The molecule has 2 aromatic carbocycles. The lowest BCUT2D eigenvalue weighted by Crippen LogP contribution is -2.44. The van der Waals surface area contributed by atoms with Gasteiger partial charge in [0.15, 0.2) is 5.17 Å². The molecule has 0 saturated carbocycles. The van der Waals surface area contributed by atoms with Crippen LogP contribution in [0.4, 0.5) is 0 Å². The fourth-order valence-corrected chi connectivity index (χ4v) is 6.28. The molecule has 0 aromatic heterocycles. The average Bonchev–Trinajstić information content (AvgIpc) is 3.39. The van der Waals surface area contributed by atoms with Gasteiger partial charge in [-0.1, -0.05) is 72.4 Å². The van der Waals surface area contributed by atoms with Gasteiger partial charge in [-0.15, -0.1) is 0 Å². The number of esters is 2. The van der Waals surface area contributed by atoms with Crippen LogP contribution >= 0.6 is 11.8 Å². The zero-order valence-corrected chi connectivity index (χ0v) is 23.6. The van der Waals surface area contributed by atoms with Crippen LogP contribution in [0.1, 0.15) is 50.3 Å². The van der Waals surface area contributed by atoms with Gasteiger partial charge in [-0.05, 0) is 37.7 Å². The smallest absolute Gasteiger partial charge is 0.338 e. The third-order valence-corrected chi connectivity index (χ3v) is 8.08. The number of hydrogen-bond donors (Lipinski definition) is 0. The fraction of sp³-hybridized carbons (Fsp3) is 0.355. The van der Waals surface area contributed by atoms with Gasteiger partial charge < -0.3 is 19.3 Å². The summed E-state index contributed by atoms with van der Waals surface area (Å²) in [5.74, 6) is -1.05. The van der Waals surface area contributed by atoms with Crippen molar-refractivity contribution in [1.82, 2.24) is 9.80 Å². The number of rotatable bonds is 8. The highest BCUT2D eigenvalue weighted by Gasteiger charge is 2.42. The van der Waals surface area contributed by atoms with Crippen molar-refractivity contribution >= 4 is 40.5 Å². The van der Waals surface area contributed by atoms with Crippen LogP contribution in [0.15, 0.2) is 82.3 Å². The summed E-state index contributed by atoms with van der Waals surface area (Å²) in [7, 11) is 0. The summed E-state index contributed by atoms with van der Waals surface area (Å²) in [6.07, 6.45) is 1.60. The molecule has 0 N–H and O–H groups in total. The van der Waals surface area contributed by atoms with Crippen molar-refractivity contribution in [2.75, 3.05) is 26.3 Å². The van der Waals surface area contributed by atoms with Gasteiger partial charge in [0.2, 0.25) is 5.91 Å². The van der Waals surface area contributed by atoms with E-state index in [9.17, 15) is 14.4 Å². The normalized spacial score (nSPS) is 20.4. The number of benzene rings is 2. The van der Waals surface area contributed by atoms with Gasteiger partial charge in [-0.2, -0.15) is 0 Å². The topological polar surface area (TPSA) is 88.5 Å². The third kappa shape index (κ3) is 5.70. The molecule has 0 spiro atoms. The highest BCUT2D eigenvalue weighted by atomic mass is 32.2. The van der Waals surface area contributed by atoms with Gasteiger partial charge in [0.05, 0.1) is 42.9 Å². The number of likely N-dealkylation sites (tertiary alicyclic amines) is 1. The molecule has 3 aliphatic rings. The lowest BCUT2D eigenvalue weighted by Gasteiger charge is -2.37. The standard InChI is InChI=1S/C31H33N3O5S/c1-3-38-29(36)23-16-11-17-33(19-23)25(35)18-24-20-40-31-32-27(21-12-7-5-8-13-21)26(30(37)39-4-2)28(34(24)31)22-14-9-6-10-15-22/h5-10,12-15,20,23,28H,3-4,11,16-19H2,1-2H3/t23-,28+/m1/s1. The molecule has 2 atom stereocenters. The van der Waals surface area contributed by atoms with E-state index in [0.717, 1.165) is 29.7 Å². The van der Waals surface area contributed by atoms with E-state index in [2.05, 4.69) is 0 Å². The first kappa shape index (κ1) is 27.7. The minimum Gasteiger partial charge on any atom is -0.466 e. The highest BCUT2D eigenvalue weighted by Crippen LogP contribution is 2.47. The average molecular weight is 560 g/mol. The van der Waals surface area contributed by atoms with Crippen LogP contribution in [0.25, 0.3) is 5.70 Å². The van der Waals surface area contributed by atoms with Crippen molar-refractivity contribution in [2.45, 2.75) is 39.2 Å². The van der Waals surface area contributed by atoms with Crippen LogP contribution in [0.5, 0.6) is 0 Å². The number of carbonyl (C=O) groups excluding carboxylic acids is 3. The van der Waals surface area contributed by atoms with Crippen molar-refractivity contribution in [3.8, 4) is 0 Å². The lowest BCUT2D eigenvalue weighted by molar-refractivity contribution is -0.151. The van der Waals surface area contributed by atoms with E-state index >= 15 is 0 Å². The zero-order chi connectivity index (χ0) is 28.1. The van der Waals surface area contributed by atoms with Gasteiger partial charge in [0, 0.05) is 24.4 Å². The number of piperidine rings is 1. The first-order valence-corrected chi connectivity index (χ1v) is 14.6. The molecule has 3 heterocycles. The summed E-state index contributed by atoms with van der Waals surface area (Å²) < 4.78 is 10.8. The van der Waals surface area contributed by atoms with Gasteiger partial charge in [0.25, 0.3) is 0 Å². The molecule has 1 amide bonds. The molecule has 0 unspecified atom stereocenters. The summed E-state index contributed by atoms with van der Waals surface area (Å²) in [6, 6.07) is 18.9. The van der Waals surface area contributed by atoms with E-state index in [-0.39, 0.29) is 30.8 Å². The Morgan fingerprint density at radius 2 is 1.68 bits per heavy atom. The predicted octanol–water partition coefficient (Wildman–Crippen LogP) is 5.15. The molecule has 9 heteroatoms. The van der Waals surface area contributed by atoms with Crippen molar-refractivity contribution < 1.29 is 23.9 Å². The number of carbonyl (C=O) groups is 3. The first-order chi connectivity index (χ1) is 19.5. The van der Waals surface area contributed by atoms with Gasteiger partial charge in [-0.25, -0.2) is 9.79 Å². The highest BCUT2D eigenvalue weighted by molar-refractivity contribution is 8.16. The maximum absolute atomic E-state index is 13.6. The zero-order valence-electron chi connectivity index (χ0n) is 22.7. The molecule has 5 rings (SSSR count). The number of amides is 1. The second kappa shape index (κ2) is 12.6. The molecule has 8 nitrogen and oxygen atoms in total. The Labute approximate surface area is 238 Å². The Balaban J connectivity index is 1.49. The molecule has 3 aliphatic heterocycles. The van der Waals surface area contributed by atoms with Gasteiger partial charge in [0.1, 0.15) is 0 Å². The van der Waals surface area contributed by atoms with E-state index < -0.39 is 12.0 Å². The van der Waals surface area contributed by atoms with Crippen LogP contribution in [0.3, 0.4) is 0 Å². The predicted molar refractivity (Wildman–Crippen MR) is 155 cm³/mol. The van der Waals surface area contributed by atoms with Gasteiger partial charge in [-0.3, -0.25) is 9.59 Å². The Kier molecular flexibility index (Phi) is 8.69. The molecule has 1 fully saturated rings. The summed E-state index contributed by atoms with van der Waals surface area (Å²) in [6.45, 7) is 5.09. The molecule has 0 bridgehead atoms. The van der Waals surface area contributed by atoms with Gasteiger partial charge >= 0.3 is 11.9 Å². The quantitative estimate of drug-likeness (QED) is 0.413. The summed E-state index contributed by atoms with van der Waals surface area (Å²) in [5.41, 5.74) is 3.48. The molecule has 208 valence electrons. The summed E-state index contributed by atoms with van der Waals surface area (Å²) in [4.78, 5) is 48.2. The number of ether oxygens (including phenoxy) is 2. The van der Waals surface area contributed by atoms with Crippen LogP contribution in [0, 0.1) is 5.92 Å². The molecular formula is C31H33N3O5S. The number of hydrogen-bond acceptors (Lipinski definition) is 8. The summed E-state index contributed by atoms with van der Waals surface area (Å²) >= 11 is 1.44. The SMILES string of the molecule is CCOC(=O)C1=C(c2ccccc2)N=C2SC=C(CC(=O)N3CCC[C@@H](C(=O)OCC)C3)N2[C@H]1c1ccccc1. The molecule has 40 heavy (non-hydrogen) atoms. The van der Waals surface area contributed by atoms with Crippen LogP contribution in [0.2, 0.25) is 0 Å². The Morgan fingerprint density at radius 3 is 2.38 bits per heavy atom. The van der Waals surface area contributed by atoms with Crippen LogP contribution in [-0.4, -0.2) is 59.1 Å². The molecule has 0 aliphatic carbocycles. The fourth-order valence-electron chi connectivity index (χ4n) is 5.36. The molecule has 0 radical (unpaired) electrons. The minimum atomic E-state index is -0.523. The minimum absolute atomic E-state index is 0.0653. The van der Waals surface area contributed by atoms with E-state index in [1.807, 2.05) is 71.0 Å². The van der Waals surface area contributed by atoms with E-state index in [0.29, 0.717) is 36.1 Å². The van der Waals surface area contributed by atoms with E-state index in [1.165, 1.54) is 11.8 Å². The molecular weight excluding hydrogens is 526 g/mol. The number of fused-ring (bicyclic) bond motifs is 1. The Hall–Kier alpha value is -3.85. The number of nitrogens with zero attached hydrogens (tertiary/aromatic N) is 3.